The smallest absolute Gasteiger partial charge is 0.353 e. The molecule has 2 heterocycles. The van der Waals surface area contributed by atoms with Crippen molar-refractivity contribution in [3.63, 3.8) is 0 Å². The molecular formula is C23H19NO5S2. The number of carbonyl (C=O) groups is 2. The topological polar surface area (TPSA) is 65.1 Å². The number of methoxy groups -OCH3 is 1. The number of rotatable bonds is 6. The molecule has 1 fully saturated rings. The molecule has 1 saturated heterocycles. The van der Waals surface area contributed by atoms with Crippen LogP contribution in [0.5, 0.6) is 11.5 Å². The molecule has 158 valence electrons. The highest BCUT2D eigenvalue weighted by atomic mass is 32.2. The Morgan fingerprint density at radius 2 is 2.06 bits per heavy atom. The summed E-state index contributed by atoms with van der Waals surface area (Å²) >= 11 is 6.67. The molecule has 1 atom stereocenters. The van der Waals surface area contributed by atoms with Gasteiger partial charge in [-0.3, -0.25) is 9.69 Å². The summed E-state index contributed by atoms with van der Waals surface area (Å²) in [6.07, 6.45) is 4.84. The minimum absolute atomic E-state index is 0.140. The number of esters is 1. The summed E-state index contributed by atoms with van der Waals surface area (Å²) in [5.74, 6) is 0.0432. The van der Waals surface area contributed by atoms with Gasteiger partial charge in [-0.15, -0.1) is 0 Å². The first-order chi connectivity index (χ1) is 15.0. The standard InChI is InChI=1S/C23H19NO5S2/c1-27-19-12-16(9-10-17(19)29-22(26)18-8-5-11-28-18)13-20-21(25)24(23(30)31-20)14-15-6-3-2-4-7-15/h2-7,9-13,18H,8,14H2,1H3/b20-13+. The fourth-order valence-corrected chi connectivity index (χ4v) is 4.38. The summed E-state index contributed by atoms with van der Waals surface area (Å²) in [7, 11) is 1.49. The van der Waals surface area contributed by atoms with Crippen LogP contribution in [0.3, 0.4) is 0 Å². The first-order valence-electron chi connectivity index (χ1n) is 9.54. The lowest BCUT2D eigenvalue weighted by atomic mass is 10.1. The molecule has 1 amide bonds. The zero-order valence-electron chi connectivity index (χ0n) is 16.6. The van der Waals surface area contributed by atoms with E-state index < -0.39 is 12.1 Å². The Hall–Kier alpha value is -3.10. The highest BCUT2D eigenvalue weighted by molar-refractivity contribution is 8.26. The van der Waals surface area contributed by atoms with E-state index in [-0.39, 0.29) is 11.7 Å². The first-order valence-corrected chi connectivity index (χ1v) is 10.8. The molecule has 0 N–H and O–H groups in total. The molecule has 4 rings (SSSR count). The summed E-state index contributed by atoms with van der Waals surface area (Å²) in [6, 6.07) is 14.8. The Balaban J connectivity index is 1.49. The number of thiocarbonyl (C=S) groups is 1. The number of carbonyl (C=O) groups excluding carboxylic acids is 2. The molecule has 0 bridgehead atoms. The molecule has 8 heteroatoms. The van der Waals surface area contributed by atoms with Crippen LogP contribution in [0.4, 0.5) is 0 Å². The van der Waals surface area contributed by atoms with E-state index in [2.05, 4.69) is 0 Å². The van der Waals surface area contributed by atoms with Crippen molar-refractivity contribution in [2.75, 3.05) is 7.11 Å². The van der Waals surface area contributed by atoms with Gasteiger partial charge in [-0.25, -0.2) is 4.79 Å². The third kappa shape index (κ3) is 4.81. The fraction of sp³-hybridized carbons (Fsp3) is 0.174. The average Bonchev–Trinajstić information content (AvgIpc) is 3.41. The number of benzene rings is 2. The highest BCUT2D eigenvalue weighted by Gasteiger charge is 2.32. The van der Waals surface area contributed by atoms with E-state index in [1.165, 1.54) is 25.1 Å². The van der Waals surface area contributed by atoms with Gasteiger partial charge in [0.2, 0.25) is 0 Å². The number of amides is 1. The fourth-order valence-electron chi connectivity index (χ4n) is 3.12. The van der Waals surface area contributed by atoms with Gasteiger partial charge in [-0.2, -0.15) is 0 Å². The van der Waals surface area contributed by atoms with Gasteiger partial charge in [0.05, 0.1) is 24.8 Å². The van der Waals surface area contributed by atoms with Crippen molar-refractivity contribution < 1.29 is 23.8 Å². The van der Waals surface area contributed by atoms with E-state index in [4.69, 9.17) is 26.4 Å². The predicted octanol–water partition coefficient (Wildman–Crippen LogP) is 4.30. The van der Waals surface area contributed by atoms with Gasteiger partial charge in [0.15, 0.2) is 17.6 Å². The van der Waals surface area contributed by atoms with E-state index in [0.29, 0.717) is 27.9 Å². The summed E-state index contributed by atoms with van der Waals surface area (Å²) in [4.78, 5) is 27.2. The van der Waals surface area contributed by atoms with Crippen molar-refractivity contribution >= 4 is 46.3 Å². The molecule has 1 unspecified atom stereocenters. The Kier molecular flexibility index (Phi) is 6.39. The van der Waals surface area contributed by atoms with Crippen LogP contribution in [-0.2, 0) is 20.9 Å². The zero-order chi connectivity index (χ0) is 21.8. The Labute approximate surface area is 189 Å². The van der Waals surface area contributed by atoms with Gasteiger partial charge in [-0.1, -0.05) is 60.4 Å². The monoisotopic (exact) mass is 453 g/mol. The minimum atomic E-state index is -0.643. The van der Waals surface area contributed by atoms with Gasteiger partial charge in [-0.05, 0) is 35.4 Å². The van der Waals surface area contributed by atoms with Crippen molar-refractivity contribution in [1.29, 1.82) is 0 Å². The molecule has 2 aromatic carbocycles. The van der Waals surface area contributed by atoms with Crippen molar-refractivity contribution in [3.8, 4) is 11.5 Å². The van der Waals surface area contributed by atoms with Crippen molar-refractivity contribution in [1.82, 2.24) is 4.90 Å². The SMILES string of the molecule is COc1cc(/C=C2/SC(=S)N(Cc3ccccc3)C2=O)ccc1OC(=O)C1CC=CO1. The summed E-state index contributed by atoms with van der Waals surface area (Å²) in [5.41, 5.74) is 1.74. The average molecular weight is 454 g/mol. The molecule has 0 aromatic heterocycles. The number of hydrogen-bond donors (Lipinski definition) is 0. The minimum Gasteiger partial charge on any atom is -0.493 e. The lowest BCUT2D eigenvalue weighted by Crippen LogP contribution is -2.27. The van der Waals surface area contributed by atoms with Crippen LogP contribution >= 0.6 is 24.0 Å². The Bertz CT molecular complexity index is 1070. The summed E-state index contributed by atoms with van der Waals surface area (Å²) in [6.45, 7) is 0.430. The summed E-state index contributed by atoms with van der Waals surface area (Å²) in [5, 5.41) is 0. The molecule has 0 aliphatic carbocycles. The van der Waals surface area contributed by atoms with E-state index in [9.17, 15) is 9.59 Å². The molecule has 2 aliphatic rings. The van der Waals surface area contributed by atoms with Crippen molar-refractivity contribution in [2.24, 2.45) is 0 Å². The molecule has 31 heavy (non-hydrogen) atoms. The van der Waals surface area contributed by atoms with Crippen LogP contribution in [0.25, 0.3) is 6.08 Å². The molecule has 2 aliphatic heterocycles. The summed E-state index contributed by atoms with van der Waals surface area (Å²) < 4.78 is 16.5. The molecule has 6 nitrogen and oxygen atoms in total. The van der Waals surface area contributed by atoms with Gasteiger partial charge >= 0.3 is 5.97 Å². The molecule has 0 saturated carbocycles. The van der Waals surface area contributed by atoms with Crippen LogP contribution in [0, 0.1) is 0 Å². The molecule has 2 aromatic rings. The second-order valence-electron chi connectivity index (χ2n) is 6.82. The van der Waals surface area contributed by atoms with Gasteiger partial charge in [0, 0.05) is 6.42 Å². The third-order valence-electron chi connectivity index (χ3n) is 4.71. The normalized spacial score (nSPS) is 19.1. The van der Waals surface area contributed by atoms with Crippen LogP contribution in [0.2, 0.25) is 0 Å². The van der Waals surface area contributed by atoms with E-state index in [0.717, 1.165) is 11.1 Å². The largest absolute Gasteiger partial charge is 0.493 e. The lowest BCUT2D eigenvalue weighted by molar-refractivity contribution is -0.143. The second kappa shape index (κ2) is 9.36. The zero-order valence-corrected chi connectivity index (χ0v) is 18.3. The Morgan fingerprint density at radius 1 is 1.26 bits per heavy atom. The number of nitrogens with zero attached hydrogens (tertiary/aromatic N) is 1. The number of ether oxygens (including phenoxy) is 3. The van der Waals surface area contributed by atoms with Gasteiger partial charge in [0.25, 0.3) is 5.91 Å². The predicted molar refractivity (Wildman–Crippen MR) is 122 cm³/mol. The van der Waals surface area contributed by atoms with Crippen LogP contribution in [0.1, 0.15) is 17.5 Å². The lowest BCUT2D eigenvalue weighted by Gasteiger charge is -2.14. The molecule has 0 spiro atoms. The highest BCUT2D eigenvalue weighted by Crippen LogP contribution is 2.35. The molecule has 0 radical (unpaired) electrons. The van der Waals surface area contributed by atoms with Crippen LogP contribution < -0.4 is 9.47 Å². The Morgan fingerprint density at radius 3 is 2.77 bits per heavy atom. The third-order valence-corrected chi connectivity index (χ3v) is 6.08. The maximum absolute atomic E-state index is 12.9. The van der Waals surface area contributed by atoms with Crippen LogP contribution in [0.15, 0.2) is 65.8 Å². The van der Waals surface area contributed by atoms with E-state index >= 15 is 0 Å². The van der Waals surface area contributed by atoms with Crippen molar-refractivity contribution in [2.45, 2.75) is 19.1 Å². The first kappa shape index (κ1) is 21.1. The van der Waals surface area contributed by atoms with Gasteiger partial charge in [0.1, 0.15) is 4.32 Å². The van der Waals surface area contributed by atoms with Crippen LogP contribution in [-0.4, -0.2) is 34.3 Å². The molecular weight excluding hydrogens is 434 g/mol. The number of thioether (sulfide) groups is 1. The van der Waals surface area contributed by atoms with Crippen molar-refractivity contribution in [3.05, 3.63) is 76.9 Å². The maximum atomic E-state index is 12.9. The van der Waals surface area contributed by atoms with E-state index in [1.54, 1.807) is 35.3 Å². The van der Waals surface area contributed by atoms with E-state index in [1.807, 2.05) is 30.3 Å². The maximum Gasteiger partial charge on any atom is 0.353 e. The quantitative estimate of drug-likeness (QED) is 0.280. The number of hydrogen-bond acceptors (Lipinski definition) is 7. The second-order valence-corrected chi connectivity index (χ2v) is 8.49. The van der Waals surface area contributed by atoms with Gasteiger partial charge < -0.3 is 14.2 Å².